The summed E-state index contributed by atoms with van der Waals surface area (Å²) in [6.45, 7) is 1.76. The van der Waals surface area contributed by atoms with Crippen LogP contribution in [0.3, 0.4) is 0 Å². The van der Waals surface area contributed by atoms with Gasteiger partial charge < -0.3 is 5.32 Å². The summed E-state index contributed by atoms with van der Waals surface area (Å²) < 4.78 is 28.6. The summed E-state index contributed by atoms with van der Waals surface area (Å²) in [7, 11) is 0. The first-order chi connectivity index (χ1) is 14.9. The number of benzene rings is 2. The fraction of sp³-hybridized carbons (Fsp3) is 0.0909. The summed E-state index contributed by atoms with van der Waals surface area (Å²) in [6.07, 6.45) is 3.19. The fourth-order valence-electron chi connectivity index (χ4n) is 3.05. The zero-order valence-corrected chi connectivity index (χ0v) is 17.1. The van der Waals surface area contributed by atoms with E-state index in [0.717, 1.165) is 0 Å². The Morgan fingerprint density at radius 2 is 1.94 bits per heavy atom. The molecule has 1 amide bonds. The second-order valence-corrected chi connectivity index (χ2v) is 7.21. The van der Waals surface area contributed by atoms with Crippen molar-refractivity contribution in [1.29, 1.82) is 0 Å². The van der Waals surface area contributed by atoms with Crippen LogP contribution in [0.15, 0.2) is 60.9 Å². The van der Waals surface area contributed by atoms with Crippen molar-refractivity contribution in [2.24, 2.45) is 0 Å². The number of pyridine rings is 1. The molecular weight excluding hydrogens is 424 g/mol. The molecule has 0 aliphatic heterocycles. The molecule has 0 spiro atoms. The minimum absolute atomic E-state index is 0.0274. The van der Waals surface area contributed by atoms with Crippen LogP contribution in [0.1, 0.15) is 21.6 Å². The van der Waals surface area contributed by atoms with Gasteiger partial charge in [0.15, 0.2) is 5.69 Å². The van der Waals surface area contributed by atoms with Gasteiger partial charge in [-0.2, -0.15) is 0 Å². The van der Waals surface area contributed by atoms with E-state index < -0.39 is 11.7 Å². The molecule has 0 saturated carbocycles. The highest BCUT2D eigenvalue weighted by molar-refractivity contribution is 6.30. The predicted octanol–water partition coefficient (Wildman–Crippen LogP) is 4.50. The summed E-state index contributed by atoms with van der Waals surface area (Å²) in [5.74, 6) is -1.36. The van der Waals surface area contributed by atoms with Gasteiger partial charge in [-0.05, 0) is 60.5 Å². The van der Waals surface area contributed by atoms with E-state index in [1.54, 1.807) is 43.6 Å². The van der Waals surface area contributed by atoms with Crippen LogP contribution in [-0.2, 0) is 6.54 Å². The molecule has 0 aliphatic rings. The molecule has 0 bridgehead atoms. The van der Waals surface area contributed by atoms with Gasteiger partial charge in [0.1, 0.15) is 17.3 Å². The minimum atomic E-state index is -0.534. The molecule has 0 fully saturated rings. The van der Waals surface area contributed by atoms with Gasteiger partial charge in [-0.25, -0.2) is 13.5 Å². The average Bonchev–Trinajstić information content (AvgIpc) is 3.22. The maximum atomic E-state index is 13.7. The van der Waals surface area contributed by atoms with Crippen molar-refractivity contribution in [3.63, 3.8) is 0 Å². The van der Waals surface area contributed by atoms with Gasteiger partial charge in [-0.3, -0.25) is 9.78 Å². The van der Waals surface area contributed by atoms with Crippen LogP contribution >= 0.6 is 11.6 Å². The van der Waals surface area contributed by atoms with Crippen molar-refractivity contribution in [1.82, 2.24) is 25.3 Å². The molecule has 4 rings (SSSR count). The smallest absolute Gasteiger partial charge is 0.274 e. The number of aromatic nitrogens is 4. The monoisotopic (exact) mass is 439 g/mol. The third kappa shape index (κ3) is 4.29. The van der Waals surface area contributed by atoms with Crippen LogP contribution < -0.4 is 5.32 Å². The third-order valence-corrected chi connectivity index (χ3v) is 4.93. The van der Waals surface area contributed by atoms with E-state index in [0.29, 0.717) is 28.1 Å². The molecule has 0 aliphatic carbocycles. The van der Waals surface area contributed by atoms with Crippen molar-refractivity contribution in [3.8, 4) is 16.9 Å². The van der Waals surface area contributed by atoms with Crippen LogP contribution in [-0.4, -0.2) is 25.9 Å². The zero-order valence-electron chi connectivity index (χ0n) is 16.3. The standard InChI is InChI=1S/C22H16ClF2N5O/c1-13-9-16(5-7-18(13)24)30-21(15-3-2-8-26-12-15)20(28-29-30)22(31)27-11-14-4-6-19(25)17(23)10-14/h2-10,12H,11H2,1H3,(H,27,31). The molecule has 2 heterocycles. The minimum Gasteiger partial charge on any atom is -0.346 e. The van der Waals surface area contributed by atoms with E-state index in [1.807, 2.05) is 0 Å². The molecule has 0 unspecified atom stereocenters. The lowest BCUT2D eigenvalue weighted by Crippen LogP contribution is -2.24. The van der Waals surface area contributed by atoms with Crippen molar-refractivity contribution in [3.05, 3.63) is 94.4 Å². The molecular formula is C22H16ClF2N5O. The largest absolute Gasteiger partial charge is 0.346 e. The number of carbonyl (C=O) groups excluding carboxylic acids is 1. The molecule has 0 radical (unpaired) electrons. The third-order valence-electron chi connectivity index (χ3n) is 4.64. The lowest BCUT2D eigenvalue weighted by atomic mass is 10.1. The number of hydrogen-bond acceptors (Lipinski definition) is 4. The van der Waals surface area contributed by atoms with E-state index in [1.165, 1.54) is 28.9 Å². The van der Waals surface area contributed by atoms with Gasteiger partial charge in [-0.1, -0.05) is 22.9 Å². The first kappa shape index (κ1) is 20.6. The van der Waals surface area contributed by atoms with Gasteiger partial charge in [0.2, 0.25) is 0 Å². The maximum absolute atomic E-state index is 13.7. The molecule has 1 N–H and O–H groups in total. The SMILES string of the molecule is Cc1cc(-n2nnc(C(=O)NCc3ccc(F)c(Cl)c3)c2-c2cccnc2)ccc1F. The van der Waals surface area contributed by atoms with Crippen molar-refractivity contribution < 1.29 is 13.6 Å². The van der Waals surface area contributed by atoms with Gasteiger partial charge >= 0.3 is 0 Å². The first-order valence-electron chi connectivity index (χ1n) is 9.29. The van der Waals surface area contributed by atoms with Crippen LogP contribution in [0.25, 0.3) is 16.9 Å². The van der Waals surface area contributed by atoms with Gasteiger partial charge in [0.05, 0.1) is 10.7 Å². The Labute approximate surface area is 181 Å². The quantitative estimate of drug-likeness (QED) is 0.497. The first-order valence-corrected chi connectivity index (χ1v) is 9.66. The molecule has 0 atom stereocenters. The molecule has 4 aromatic rings. The topological polar surface area (TPSA) is 72.7 Å². The number of aryl methyl sites for hydroxylation is 1. The molecule has 0 saturated heterocycles. The fourth-order valence-corrected chi connectivity index (χ4v) is 3.26. The number of rotatable bonds is 5. The molecule has 2 aromatic carbocycles. The molecule has 2 aromatic heterocycles. The van der Waals surface area contributed by atoms with E-state index in [2.05, 4.69) is 20.6 Å². The number of carbonyl (C=O) groups is 1. The Hall–Kier alpha value is -3.65. The summed E-state index contributed by atoms with van der Waals surface area (Å²) in [5.41, 5.74) is 2.71. The Morgan fingerprint density at radius 3 is 2.65 bits per heavy atom. The highest BCUT2D eigenvalue weighted by Gasteiger charge is 2.22. The number of hydrogen-bond donors (Lipinski definition) is 1. The number of nitrogens with zero attached hydrogens (tertiary/aromatic N) is 4. The van der Waals surface area contributed by atoms with Crippen LogP contribution in [0.2, 0.25) is 5.02 Å². The average molecular weight is 440 g/mol. The highest BCUT2D eigenvalue weighted by Crippen LogP contribution is 2.26. The molecule has 156 valence electrons. The molecule has 31 heavy (non-hydrogen) atoms. The van der Waals surface area contributed by atoms with Gasteiger partial charge in [0, 0.05) is 24.5 Å². The Kier molecular flexibility index (Phi) is 5.73. The summed E-state index contributed by atoms with van der Waals surface area (Å²) in [4.78, 5) is 17.0. The summed E-state index contributed by atoms with van der Waals surface area (Å²) in [6, 6.07) is 12.2. The molecule has 6 nitrogen and oxygen atoms in total. The van der Waals surface area contributed by atoms with Gasteiger partial charge in [-0.15, -0.1) is 5.10 Å². The second kappa shape index (κ2) is 8.61. The highest BCUT2D eigenvalue weighted by atomic mass is 35.5. The summed E-state index contributed by atoms with van der Waals surface area (Å²) >= 11 is 5.80. The Balaban J connectivity index is 1.70. The van der Waals surface area contributed by atoms with Gasteiger partial charge in [0.25, 0.3) is 5.91 Å². The van der Waals surface area contributed by atoms with E-state index in [9.17, 15) is 13.6 Å². The second-order valence-electron chi connectivity index (χ2n) is 6.80. The zero-order chi connectivity index (χ0) is 22.0. The van der Waals surface area contributed by atoms with Crippen molar-refractivity contribution in [2.75, 3.05) is 0 Å². The normalized spacial score (nSPS) is 10.8. The van der Waals surface area contributed by atoms with E-state index in [4.69, 9.17) is 11.6 Å². The van der Waals surface area contributed by atoms with Crippen molar-refractivity contribution in [2.45, 2.75) is 13.5 Å². The van der Waals surface area contributed by atoms with Crippen LogP contribution in [0, 0.1) is 18.6 Å². The Morgan fingerprint density at radius 1 is 1.13 bits per heavy atom. The van der Waals surface area contributed by atoms with Crippen LogP contribution in [0.4, 0.5) is 8.78 Å². The summed E-state index contributed by atoms with van der Waals surface area (Å²) in [5, 5.41) is 10.9. The van der Waals surface area contributed by atoms with E-state index in [-0.39, 0.29) is 23.1 Å². The lowest BCUT2D eigenvalue weighted by Gasteiger charge is -2.10. The van der Waals surface area contributed by atoms with E-state index >= 15 is 0 Å². The Bertz CT molecular complexity index is 1260. The van der Waals surface area contributed by atoms with Crippen molar-refractivity contribution >= 4 is 17.5 Å². The number of halogens is 3. The number of nitrogens with one attached hydrogen (secondary N) is 1. The van der Waals surface area contributed by atoms with Crippen LogP contribution in [0.5, 0.6) is 0 Å². The maximum Gasteiger partial charge on any atom is 0.274 e. The lowest BCUT2D eigenvalue weighted by molar-refractivity contribution is 0.0946. The number of amides is 1. The predicted molar refractivity (Wildman–Crippen MR) is 112 cm³/mol. The molecule has 9 heteroatoms.